The van der Waals surface area contributed by atoms with Gasteiger partial charge >= 0.3 is 0 Å². The summed E-state index contributed by atoms with van der Waals surface area (Å²) in [5.41, 5.74) is 0. The fourth-order valence-electron chi connectivity index (χ4n) is 0.481. The van der Waals surface area contributed by atoms with Gasteiger partial charge in [-0.15, -0.1) is 0 Å². The maximum absolute atomic E-state index is 6.89. The average molecular weight is 270 g/mol. The molecule has 0 aliphatic rings. The Bertz CT molecular complexity index is 315. The molecule has 4 heteroatoms. The van der Waals surface area contributed by atoms with Crippen LogP contribution in [0.5, 0.6) is 5.75 Å². The highest BCUT2D eigenvalue weighted by molar-refractivity contribution is 9.13. The van der Waals surface area contributed by atoms with Gasteiger partial charge in [0, 0.05) is 6.20 Å². The summed E-state index contributed by atoms with van der Waals surface area (Å²) in [4.78, 5) is 3.88. The van der Waals surface area contributed by atoms with Crippen molar-refractivity contribution in [1.82, 2.24) is 4.98 Å². The molecule has 10 heavy (non-hydrogen) atoms. The van der Waals surface area contributed by atoms with E-state index in [4.69, 9.17) is 8.85 Å². The minimum absolute atomic E-state index is 0.238. The van der Waals surface area contributed by atoms with Gasteiger partial charge in [-0.3, -0.25) is 0 Å². The molecule has 1 rings (SSSR count). The average Bonchev–Trinajstić information content (AvgIpc) is 1.96. The smallest absolute Gasteiger partial charge is 0.137 e. The Hall–Kier alpha value is -0.0900. The maximum Gasteiger partial charge on any atom is 0.137 e. The van der Waals surface area contributed by atoms with Gasteiger partial charge in [-0.25, -0.2) is 4.98 Å². The lowest BCUT2D eigenvalue weighted by Gasteiger charge is -2.01. The number of pyridine rings is 1. The van der Waals surface area contributed by atoms with Crippen LogP contribution in [0.4, 0.5) is 0 Å². The van der Waals surface area contributed by atoms with E-state index in [9.17, 15) is 0 Å². The van der Waals surface area contributed by atoms with Crippen molar-refractivity contribution in [2.75, 3.05) is 7.04 Å². The molecular weight excluding hydrogens is 262 g/mol. The first-order chi connectivity index (χ1) is 5.90. The van der Waals surface area contributed by atoms with Gasteiger partial charge in [-0.1, -0.05) is 0 Å². The van der Waals surface area contributed by atoms with Gasteiger partial charge in [0.05, 0.1) is 15.6 Å². The summed E-state index contributed by atoms with van der Waals surface area (Å²) in [7, 11) is -2.44. The Morgan fingerprint density at radius 3 is 3.20 bits per heavy atom. The number of rotatable bonds is 1. The van der Waals surface area contributed by atoms with Crippen LogP contribution >= 0.6 is 31.9 Å². The van der Waals surface area contributed by atoms with Crippen molar-refractivity contribution in [3.8, 4) is 5.75 Å². The molecule has 0 saturated carbocycles. The summed E-state index contributed by atoms with van der Waals surface area (Å²) in [6.07, 6.45) is 1.45. The first-order valence-electron chi connectivity index (χ1n) is 3.89. The SMILES string of the molecule is [2H]C([2H])([2H])Oc1ccnc(Br)c1Br. The summed E-state index contributed by atoms with van der Waals surface area (Å²) in [6, 6.07) is 1.47. The third kappa shape index (κ3) is 1.49. The van der Waals surface area contributed by atoms with Gasteiger partial charge in [-0.2, -0.15) is 0 Å². The fraction of sp³-hybridized carbons (Fsp3) is 0.167. The number of ether oxygens (including phenoxy) is 1. The van der Waals surface area contributed by atoms with Crippen molar-refractivity contribution in [3.05, 3.63) is 21.3 Å². The van der Waals surface area contributed by atoms with Crippen LogP contribution in [0.2, 0.25) is 0 Å². The Morgan fingerprint density at radius 1 is 1.70 bits per heavy atom. The highest BCUT2D eigenvalue weighted by Crippen LogP contribution is 2.29. The van der Waals surface area contributed by atoms with Crippen LogP contribution in [0.3, 0.4) is 0 Å². The van der Waals surface area contributed by atoms with E-state index >= 15 is 0 Å². The molecule has 0 fully saturated rings. The molecule has 1 aromatic rings. The van der Waals surface area contributed by atoms with Gasteiger partial charge in [0.1, 0.15) is 10.4 Å². The molecule has 0 aliphatic carbocycles. The summed E-state index contributed by atoms with van der Waals surface area (Å²) < 4.78 is 26.4. The Balaban J connectivity index is 2.96. The number of hydrogen-bond donors (Lipinski definition) is 0. The summed E-state index contributed by atoms with van der Waals surface area (Å²) in [5.74, 6) is 0.238. The monoisotopic (exact) mass is 268 g/mol. The molecule has 0 amide bonds. The van der Waals surface area contributed by atoms with Crippen LogP contribution in [0, 0.1) is 0 Å². The highest BCUT2D eigenvalue weighted by Gasteiger charge is 2.02. The summed E-state index contributed by atoms with van der Waals surface area (Å²) >= 11 is 6.28. The Kier molecular flexibility index (Phi) is 1.58. The van der Waals surface area contributed by atoms with Crippen molar-refractivity contribution in [2.45, 2.75) is 0 Å². The predicted molar refractivity (Wildman–Crippen MR) is 46.2 cm³/mol. The molecule has 54 valence electrons. The Labute approximate surface area is 80.1 Å². The molecule has 0 atom stereocenters. The minimum Gasteiger partial charge on any atom is -0.495 e. The van der Waals surface area contributed by atoms with Crippen LogP contribution in [0.25, 0.3) is 0 Å². The van der Waals surface area contributed by atoms with E-state index in [1.807, 2.05) is 0 Å². The number of nitrogens with zero attached hydrogens (tertiary/aromatic N) is 1. The zero-order valence-electron chi connectivity index (χ0n) is 7.77. The zero-order chi connectivity index (χ0) is 10.1. The molecule has 2 nitrogen and oxygen atoms in total. The molecule has 0 unspecified atom stereocenters. The van der Waals surface area contributed by atoms with Gasteiger partial charge in [0.15, 0.2) is 0 Å². The lowest BCUT2D eigenvalue weighted by Crippen LogP contribution is -1.85. The van der Waals surface area contributed by atoms with Crippen LogP contribution in [0.15, 0.2) is 21.3 Å². The van der Waals surface area contributed by atoms with Gasteiger partial charge in [-0.05, 0) is 37.9 Å². The number of methoxy groups -OCH3 is 1. The topological polar surface area (TPSA) is 22.1 Å². The molecule has 0 aliphatic heterocycles. The normalized spacial score (nSPS) is 15.2. The van der Waals surface area contributed by atoms with Crippen molar-refractivity contribution >= 4 is 31.9 Å². The van der Waals surface area contributed by atoms with Gasteiger partial charge in [0.25, 0.3) is 0 Å². The lowest BCUT2D eigenvalue weighted by molar-refractivity contribution is 0.411. The second-order valence-electron chi connectivity index (χ2n) is 1.52. The third-order valence-corrected chi connectivity index (χ3v) is 2.82. The molecule has 0 aromatic carbocycles. The van der Waals surface area contributed by atoms with E-state index in [1.165, 1.54) is 12.3 Å². The first kappa shape index (κ1) is 4.72. The number of hydrogen-bond acceptors (Lipinski definition) is 2. The second-order valence-corrected chi connectivity index (χ2v) is 3.06. The first-order valence-corrected chi connectivity index (χ1v) is 3.98. The van der Waals surface area contributed by atoms with Crippen LogP contribution < -0.4 is 4.74 Å². The summed E-state index contributed by atoms with van der Waals surface area (Å²) in [5, 5.41) is 0. The molecule has 0 spiro atoms. The molecule has 1 aromatic heterocycles. The molecular formula is C6H5Br2NO. The van der Waals surface area contributed by atoms with E-state index in [2.05, 4.69) is 36.8 Å². The van der Waals surface area contributed by atoms with E-state index in [0.29, 0.717) is 9.08 Å². The predicted octanol–water partition coefficient (Wildman–Crippen LogP) is 2.62. The third-order valence-electron chi connectivity index (χ3n) is 0.921. The molecule has 0 bridgehead atoms. The van der Waals surface area contributed by atoms with E-state index in [-0.39, 0.29) is 5.75 Å². The minimum atomic E-state index is -2.44. The Morgan fingerprint density at radius 2 is 2.50 bits per heavy atom. The number of halogens is 2. The van der Waals surface area contributed by atoms with Crippen molar-refractivity contribution < 1.29 is 8.85 Å². The van der Waals surface area contributed by atoms with Crippen molar-refractivity contribution in [3.63, 3.8) is 0 Å². The van der Waals surface area contributed by atoms with E-state index in [1.54, 1.807) is 0 Å². The zero-order valence-corrected chi connectivity index (χ0v) is 7.94. The van der Waals surface area contributed by atoms with Gasteiger partial charge < -0.3 is 4.74 Å². The molecule has 0 N–H and O–H groups in total. The second kappa shape index (κ2) is 3.34. The molecule has 1 heterocycles. The lowest BCUT2D eigenvalue weighted by atomic mass is 10.5. The molecule has 0 saturated heterocycles. The molecule has 0 radical (unpaired) electrons. The van der Waals surface area contributed by atoms with E-state index < -0.39 is 7.04 Å². The summed E-state index contributed by atoms with van der Waals surface area (Å²) in [6.45, 7) is 0. The van der Waals surface area contributed by atoms with Crippen LogP contribution in [-0.4, -0.2) is 12.0 Å². The van der Waals surface area contributed by atoms with Crippen molar-refractivity contribution in [2.24, 2.45) is 0 Å². The highest BCUT2D eigenvalue weighted by atomic mass is 79.9. The standard InChI is InChI=1S/C6H5Br2NO/c1-10-4-2-3-9-6(8)5(4)7/h2-3H,1H3/i1D3. The van der Waals surface area contributed by atoms with Crippen molar-refractivity contribution in [1.29, 1.82) is 0 Å². The maximum atomic E-state index is 6.89. The largest absolute Gasteiger partial charge is 0.495 e. The van der Waals surface area contributed by atoms with Crippen LogP contribution in [0.1, 0.15) is 4.11 Å². The number of aromatic nitrogens is 1. The van der Waals surface area contributed by atoms with E-state index in [0.717, 1.165) is 0 Å². The quantitative estimate of drug-likeness (QED) is 0.732. The fourth-order valence-corrected chi connectivity index (χ4v) is 1.11. The van der Waals surface area contributed by atoms with Gasteiger partial charge in [0.2, 0.25) is 0 Å². The van der Waals surface area contributed by atoms with Crippen LogP contribution in [-0.2, 0) is 0 Å².